The van der Waals surface area contributed by atoms with Crippen LogP contribution in [0.4, 0.5) is 15.8 Å². The van der Waals surface area contributed by atoms with Gasteiger partial charge in [0.2, 0.25) is 0 Å². The van der Waals surface area contributed by atoms with Gasteiger partial charge in [-0.1, -0.05) is 18.2 Å². The summed E-state index contributed by atoms with van der Waals surface area (Å²) < 4.78 is 14.1. The third kappa shape index (κ3) is 4.15. The van der Waals surface area contributed by atoms with Gasteiger partial charge in [-0.15, -0.1) is 0 Å². The number of nitrogens with zero attached hydrogens (tertiary/aromatic N) is 2. The SMILES string of the molecule is CN=C(C1=CCNCC1)/C(=C\N)c1cc(Nc2ccccc2F)c(C=N)cn1. The van der Waals surface area contributed by atoms with Crippen LogP contribution in [0.1, 0.15) is 17.7 Å². The summed E-state index contributed by atoms with van der Waals surface area (Å²) in [5.74, 6) is -0.373. The van der Waals surface area contributed by atoms with Crippen LogP contribution in [0.5, 0.6) is 0 Å². The number of anilines is 2. The van der Waals surface area contributed by atoms with E-state index in [2.05, 4.69) is 26.7 Å². The molecule has 3 rings (SSSR count). The number of pyridine rings is 1. The molecule has 0 bridgehead atoms. The Bertz CT molecular complexity index is 961. The molecule has 1 aromatic heterocycles. The van der Waals surface area contributed by atoms with Gasteiger partial charge in [-0.2, -0.15) is 0 Å². The number of benzene rings is 1. The largest absolute Gasteiger partial charge is 0.404 e. The number of hydrogen-bond donors (Lipinski definition) is 4. The highest BCUT2D eigenvalue weighted by Crippen LogP contribution is 2.27. The molecule has 5 N–H and O–H groups in total. The first-order valence-corrected chi connectivity index (χ1v) is 8.99. The molecule has 144 valence electrons. The summed E-state index contributed by atoms with van der Waals surface area (Å²) >= 11 is 0. The molecular weight excluding hydrogens is 355 g/mol. The van der Waals surface area contributed by atoms with Crippen LogP contribution in [-0.2, 0) is 0 Å². The van der Waals surface area contributed by atoms with Gasteiger partial charge in [-0.25, -0.2) is 4.39 Å². The van der Waals surface area contributed by atoms with Crippen molar-refractivity contribution in [3.05, 3.63) is 71.5 Å². The number of aromatic nitrogens is 1. The van der Waals surface area contributed by atoms with Crippen molar-refractivity contribution in [3.63, 3.8) is 0 Å². The van der Waals surface area contributed by atoms with E-state index in [1.165, 1.54) is 18.5 Å². The summed E-state index contributed by atoms with van der Waals surface area (Å²) in [5.41, 5.74) is 10.6. The van der Waals surface area contributed by atoms with Crippen LogP contribution in [0.25, 0.3) is 5.57 Å². The first-order chi connectivity index (χ1) is 13.7. The van der Waals surface area contributed by atoms with Crippen LogP contribution >= 0.6 is 0 Å². The minimum atomic E-state index is -0.373. The molecule has 0 saturated carbocycles. The highest BCUT2D eigenvalue weighted by atomic mass is 19.1. The number of hydrogen-bond acceptors (Lipinski definition) is 6. The van der Waals surface area contributed by atoms with E-state index in [4.69, 9.17) is 11.1 Å². The number of rotatable bonds is 6. The molecule has 2 heterocycles. The quantitative estimate of drug-likeness (QED) is 0.580. The zero-order valence-corrected chi connectivity index (χ0v) is 15.7. The van der Waals surface area contributed by atoms with E-state index in [1.54, 1.807) is 37.5 Å². The molecule has 0 radical (unpaired) electrons. The number of nitrogens with two attached hydrogens (primary N) is 1. The molecule has 1 aliphatic heterocycles. The van der Waals surface area contributed by atoms with Crippen molar-refractivity contribution >= 4 is 28.9 Å². The lowest BCUT2D eigenvalue weighted by molar-refractivity contribution is 0.632. The normalized spacial score (nSPS) is 15.1. The van der Waals surface area contributed by atoms with Gasteiger partial charge >= 0.3 is 0 Å². The van der Waals surface area contributed by atoms with Gasteiger partial charge in [0.05, 0.1) is 22.8 Å². The fraction of sp³-hybridized carbons (Fsp3) is 0.190. The van der Waals surface area contributed by atoms with Crippen molar-refractivity contribution in [1.29, 1.82) is 5.41 Å². The number of para-hydroxylation sites is 1. The van der Waals surface area contributed by atoms with Gasteiger partial charge in [0.1, 0.15) is 5.82 Å². The minimum Gasteiger partial charge on any atom is -0.404 e. The Morgan fingerprint density at radius 2 is 2.18 bits per heavy atom. The Morgan fingerprint density at radius 1 is 1.36 bits per heavy atom. The molecule has 0 unspecified atom stereocenters. The van der Waals surface area contributed by atoms with E-state index in [-0.39, 0.29) is 5.82 Å². The molecule has 28 heavy (non-hydrogen) atoms. The van der Waals surface area contributed by atoms with Gasteiger partial charge in [-0.05, 0) is 36.7 Å². The first-order valence-electron chi connectivity index (χ1n) is 8.99. The predicted molar refractivity (Wildman–Crippen MR) is 113 cm³/mol. The maximum atomic E-state index is 14.1. The molecule has 0 atom stereocenters. The van der Waals surface area contributed by atoms with E-state index < -0.39 is 0 Å². The van der Waals surface area contributed by atoms with Crippen LogP contribution in [0, 0.1) is 11.2 Å². The second kappa shape index (κ2) is 9.05. The third-order valence-corrected chi connectivity index (χ3v) is 4.52. The van der Waals surface area contributed by atoms with Gasteiger partial charge in [0, 0.05) is 43.3 Å². The number of nitrogens with one attached hydrogen (secondary N) is 3. The number of allylic oxidation sites excluding steroid dienone is 1. The Hall–Kier alpha value is -3.32. The lowest BCUT2D eigenvalue weighted by atomic mass is 9.95. The van der Waals surface area contributed by atoms with Crippen LogP contribution in [0.2, 0.25) is 0 Å². The lowest BCUT2D eigenvalue weighted by Gasteiger charge is -2.19. The molecule has 0 fully saturated rings. The molecule has 0 aliphatic carbocycles. The van der Waals surface area contributed by atoms with Crippen molar-refractivity contribution in [2.45, 2.75) is 6.42 Å². The van der Waals surface area contributed by atoms with E-state index >= 15 is 0 Å². The lowest BCUT2D eigenvalue weighted by Crippen LogP contribution is -2.24. The Balaban J connectivity index is 2.00. The first kappa shape index (κ1) is 19.4. The van der Waals surface area contributed by atoms with Gasteiger partial charge in [0.25, 0.3) is 0 Å². The van der Waals surface area contributed by atoms with Crippen molar-refractivity contribution < 1.29 is 4.39 Å². The van der Waals surface area contributed by atoms with Gasteiger partial charge in [0.15, 0.2) is 0 Å². The Kier molecular flexibility index (Phi) is 6.29. The average molecular weight is 378 g/mol. The molecule has 1 aromatic carbocycles. The Labute approximate surface area is 163 Å². The summed E-state index contributed by atoms with van der Waals surface area (Å²) in [6.07, 6.45) is 7.18. The van der Waals surface area contributed by atoms with Crippen LogP contribution in [0.15, 0.2) is 59.4 Å². The van der Waals surface area contributed by atoms with Crippen molar-refractivity contribution in [2.75, 3.05) is 25.5 Å². The van der Waals surface area contributed by atoms with Crippen molar-refractivity contribution in [1.82, 2.24) is 10.3 Å². The monoisotopic (exact) mass is 378 g/mol. The highest BCUT2D eigenvalue weighted by molar-refractivity contribution is 6.31. The molecular formula is C21H23FN6. The molecule has 7 heteroatoms. The topological polar surface area (TPSA) is 99.2 Å². The molecule has 0 spiro atoms. The zero-order valence-electron chi connectivity index (χ0n) is 15.7. The number of halogens is 1. The summed E-state index contributed by atoms with van der Waals surface area (Å²) in [5, 5.41) is 14.0. The van der Waals surface area contributed by atoms with Crippen molar-refractivity contribution in [3.8, 4) is 0 Å². The minimum absolute atomic E-state index is 0.325. The van der Waals surface area contributed by atoms with E-state index in [9.17, 15) is 4.39 Å². The van der Waals surface area contributed by atoms with Crippen LogP contribution in [0.3, 0.4) is 0 Å². The molecule has 1 aliphatic rings. The van der Waals surface area contributed by atoms with Crippen LogP contribution < -0.4 is 16.4 Å². The van der Waals surface area contributed by atoms with E-state index in [1.807, 2.05) is 0 Å². The van der Waals surface area contributed by atoms with E-state index in [0.717, 1.165) is 30.8 Å². The molecule has 6 nitrogen and oxygen atoms in total. The zero-order chi connectivity index (χ0) is 19.9. The fourth-order valence-corrected chi connectivity index (χ4v) is 3.10. The average Bonchev–Trinajstić information content (AvgIpc) is 2.74. The highest BCUT2D eigenvalue weighted by Gasteiger charge is 2.18. The van der Waals surface area contributed by atoms with Gasteiger partial charge < -0.3 is 21.8 Å². The molecule has 0 amide bonds. The van der Waals surface area contributed by atoms with Crippen LogP contribution in [-0.4, -0.2) is 37.0 Å². The second-order valence-corrected chi connectivity index (χ2v) is 6.24. The Morgan fingerprint density at radius 3 is 2.82 bits per heavy atom. The van der Waals surface area contributed by atoms with Gasteiger partial charge in [-0.3, -0.25) is 9.98 Å². The summed E-state index contributed by atoms with van der Waals surface area (Å²) in [7, 11) is 1.73. The smallest absolute Gasteiger partial charge is 0.146 e. The predicted octanol–water partition coefficient (Wildman–Crippen LogP) is 3.25. The van der Waals surface area contributed by atoms with Crippen molar-refractivity contribution in [2.24, 2.45) is 10.7 Å². The molecule has 0 saturated heterocycles. The van der Waals surface area contributed by atoms with E-state index in [0.29, 0.717) is 28.2 Å². The maximum Gasteiger partial charge on any atom is 0.146 e. The molecule has 2 aromatic rings. The fourth-order valence-electron chi connectivity index (χ4n) is 3.10. The third-order valence-electron chi connectivity index (χ3n) is 4.52. The number of aliphatic imine (C=N–C) groups is 1. The maximum absolute atomic E-state index is 14.1. The second-order valence-electron chi connectivity index (χ2n) is 6.24. The summed E-state index contributed by atoms with van der Waals surface area (Å²) in [4.78, 5) is 8.89. The summed E-state index contributed by atoms with van der Waals surface area (Å²) in [6, 6.07) is 8.15. The standard InChI is InChI=1S/C21H23FN6/c1-25-21(14-6-8-26-9-7-14)16(12-24)20-10-19(15(11-23)13-27-20)28-18-5-3-2-4-17(18)22/h2-6,10-13,23,26H,7-9,24H2,1H3,(H,27,28)/b16-12-,23-11?,25-21?. The summed E-state index contributed by atoms with van der Waals surface area (Å²) in [6.45, 7) is 1.66.